The lowest BCUT2D eigenvalue weighted by molar-refractivity contribution is -0.0426. The maximum atomic E-state index is 12.5. The van der Waals surface area contributed by atoms with E-state index >= 15 is 0 Å². The van der Waals surface area contributed by atoms with Crippen molar-refractivity contribution in [3.63, 3.8) is 0 Å². The number of aliphatic hydroxyl groups is 1. The summed E-state index contributed by atoms with van der Waals surface area (Å²) in [4.78, 5) is 41.4. The summed E-state index contributed by atoms with van der Waals surface area (Å²) in [7, 11) is -4.74. The molecule has 2 aromatic carbocycles. The van der Waals surface area contributed by atoms with Crippen LogP contribution in [0.3, 0.4) is 0 Å². The Kier molecular flexibility index (Phi) is 6.01. The largest absolute Gasteiger partial charge is 0.469 e. The van der Waals surface area contributed by atoms with Crippen LogP contribution in [0.5, 0.6) is 0 Å². The number of rotatable bonds is 6. The van der Waals surface area contributed by atoms with Gasteiger partial charge >= 0.3 is 7.82 Å². The summed E-state index contributed by atoms with van der Waals surface area (Å²) in [6.45, 7) is -0.521. The molecule has 35 heavy (non-hydrogen) atoms. The van der Waals surface area contributed by atoms with Gasteiger partial charge < -0.3 is 25.4 Å². The van der Waals surface area contributed by atoms with Crippen molar-refractivity contribution >= 4 is 47.9 Å². The number of phosphoric ester groups is 1. The van der Waals surface area contributed by atoms with Crippen LogP contribution in [0, 0.1) is 0 Å². The van der Waals surface area contributed by atoms with Crippen LogP contribution in [0.25, 0.3) is 34.1 Å². The first-order valence-electron chi connectivity index (χ1n) is 10.7. The molecule has 3 heterocycles. The average Bonchev–Trinajstić information content (AvgIpc) is 3.35. The van der Waals surface area contributed by atoms with Gasteiger partial charge in [0, 0.05) is 6.42 Å². The number of ether oxygens (including phenoxy) is 1. The number of nitrogens with one attached hydrogen (secondary N) is 1. The van der Waals surface area contributed by atoms with Crippen LogP contribution in [0.15, 0.2) is 47.3 Å². The molecule has 1 fully saturated rings. The van der Waals surface area contributed by atoms with Crippen LogP contribution in [0.2, 0.25) is 0 Å². The van der Waals surface area contributed by atoms with Crippen LogP contribution in [0.1, 0.15) is 24.0 Å². The zero-order valence-electron chi connectivity index (χ0n) is 18.2. The number of hydrogen-bond donors (Lipinski definition) is 5. The minimum atomic E-state index is -4.74. The number of aromatic amines is 1. The lowest BCUT2D eigenvalue weighted by Crippen LogP contribution is -2.26. The lowest BCUT2D eigenvalue weighted by Gasteiger charge is -2.17. The highest BCUT2D eigenvalue weighted by Crippen LogP contribution is 2.39. The van der Waals surface area contributed by atoms with E-state index in [4.69, 9.17) is 20.3 Å². The molecule has 3 atom stereocenters. The van der Waals surface area contributed by atoms with Crippen LogP contribution >= 0.6 is 7.82 Å². The average molecular weight is 499 g/mol. The second-order valence-corrected chi connectivity index (χ2v) is 9.36. The van der Waals surface area contributed by atoms with Gasteiger partial charge in [-0.15, -0.1) is 0 Å². The molecule has 4 aromatic rings. The minimum Gasteiger partial charge on any atom is -0.390 e. The molecule has 0 radical (unpaired) electrons. The third kappa shape index (κ3) is 4.89. The summed E-state index contributed by atoms with van der Waals surface area (Å²) in [6, 6.07) is 13.9. The molecule has 0 unspecified atom stereocenters. The second-order valence-electron chi connectivity index (χ2n) is 8.12. The Labute approximate surface area is 197 Å². The van der Waals surface area contributed by atoms with Gasteiger partial charge in [0.25, 0.3) is 5.56 Å². The van der Waals surface area contributed by atoms with E-state index in [1.54, 1.807) is 6.08 Å². The first kappa shape index (κ1) is 23.4. The summed E-state index contributed by atoms with van der Waals surface area (Å²) < 4.78 is 22.9. The van der Waals surface area contributed by atoms with Gasteiger partial charge in [0.1, 0.15) is 18.2 Å². The molecule has 6 N–H and O–H groups in total. The van der Waals surface area contributed by atoms with Gasteiger partial charge in [-0.05, 0) is 28.5 Å². The molecule has 12 nitrogen and oxygen atoms in total. The SMILES string of the molecule is Nc1nc2c(nc(/C=C\c3ccc4ccccc4c3)n2[C@H]2C[C@H](O)[C@@H](COP(=O)(O)O)O2)c(=O)[nH]1. The van der Waals surface area contributed by atoms with Gasteiger partial charge in [-0.3, -0.25) is 18.9 Å². The van der Waals surface area contributed by atoms with Crippen LogP contribution in [-0.4, -0.2) is 53.2 Å². The van der Waals surface area contributed by atoms with Gasteiger partial charge in [0.2, 0.25) is 5.95 Å². The van der Waals surface area contributed by atoms with E-state index in [2.05, 4.69) is 19.5 Å². The van der Waals surface area contributed by atoms with Gasteiger partial charge in [-0.25, -0.2) is 9.55 Å². The summed E-state index contributed by atoms with van der Waals surface area (Å²) in [5, 5.41) is 12.6. The van der Waals surface area contributed by atoms with E-state index in [9.17, 15) is 14.5 Å². The first-order valence-corrected chi connectivity index (χ1v) is 12.2. The Morgan fingerprint density at radius 3 is 2.74 bits per heavy atom. The van der Waals surface area contributed by atoms with E-state index < -0.39 is 38.4 Å². The van der Waals surface area contributed by atoms with Gasteiger partial charge in [-0.1, -0.05) is 42.5 Å². The molecule has 1 saturated heterocycles. The molecular formula is C22H22N5O7P. The topological polar surface area (TPSA) is 186 Å². The van der Waals surface area contributed by atoms with Crippen molar-refractivity contribution in [2.45, 2.75) is 24.9 Å². The van der Waals surface area contributed by atoms with Gasteiger partial charge in [0.05, 0.1) is 12.7 Å². The molecule has 13 heteroatoms. The maximum Gasteiger partial charge on any atom is 0.469 e. The lowest BCUT2D eigenvalue weighted by atomic mass is 10.1. The third-order valence-corrected chi connectivity index (χ3v) is 6.18. The number of nitrogen functional groups attached to an aromatic ring is 1. The molecule has 0 bridgehead atoms. The number of anilines is 1. The minimum absolute atomic E-state index is 0.0327. The standard InChI is InChI=1S/C22H22N5O7P/c23-22-25-20-19(21(29)26-22)24-17(8-6-12-5-7-13-3-1-2-4-14(13)9-12)27(20)18-10-15(28)16(34-18)11-33-35(30,31)32/h1-9,15-16,18,28H,10-11H2,(H2,30,31,32)(H3,23,25,26,29)/b8-6-/t15-,16+,18+/m0/s1. The smallest absolute Gasteiger partial charge is 0.390 e. The number of aromatic nitrogens is 4. The summed E-state index contributed by atoms with van der Waals surface area (Å²) in [6.07, 6.45) is 0.622. The van der Waals surface area contributed by atoms with E-state index in [0.29, 0.717) is 5.82 Å². The Balaban J connectivity index is 1.53. The van der Waals surface area contributed by atoms with Crippen LogP contribution in [0.4, 0.5) is 5.95 Å². The number of H-pyrrole nitrogens is 1. The second kappa shape index (κ2) is 9.00. The number of benzene rings is 2. The fourth-order valence-corrected chi connectivity index (χ4v) is 4.44. The van der Waals surface area contributed by atoms with Crippen molar-refractivity contribution in [3.8, 4) is 0 Å². The summed E-state index contributed by atoms with van der Waals surface area (Å²) >= 11 is 0. The highest BCUT2D eigenvalue weighted by atomic mass is 31.2. The summed E-state index contributed by atoms with van der Waals surface area (Å²) in [5.74, 6) is 0.208. The first-order chi connectivity index (χ1) is 16.7. The zero-order chi connectivity index (χ0) is 24.7. The molecule has 0 saturated carbocycles. The molecule has 2 aromatic heterocycles. The maximum absolute atomic E-state index is 12.5. The highest BCUT2D eigenvalue weighted by Gasteiger charge is 2.38. The van der Waals surface area contributed by atoms with Crippen molar-refractivity contribution in [3.05, 3.63) is 64.2 Å². The van der Waals surface area contributed by atoms with Crippen LogP contribution in [-0.2, 0) is 13.8 Å². The third-order valence-electron chi connectivity index (χ3n) is 5.69. The molecule has 0 aliphatic carbocycles. The molecular weight excluding hydrogens is 477 g/mol. The van der Waals surface area contributed by atoms with E-state index in [1.807, 2.05) is 48.5 Å². The van der Waals surface area contributed by atoms with Crippen molar-refractivity contribution in [2.24, 2.45) is 0 Å². The fraction of sp³-hybridized carbons (Fsp3) is 0.227. The molecule has 5 rings (SSSR count). The van der Waals surface area contributed by atoms with Gasteiger partial charge in [0.15, 0.2) is 11.2 Å². The van der Waals surface area contributed by atoms with Crippen molar-refractivity contribution in [1.82, 2.24) is 19.5 Å². The predicted octanol–water partition coefficient (Wildman–Crippen LogP) is 1.78. The molecule has 1 aliphatic rings. The van der Waals surface area contributed by atoms with Crippen molar-refractivity contribution in [1.29, 1.82) is 0 Å². The zero-order valence-corrected chi connectivity index (χ0v) is 19.1. The van der Waals surface area contributed by atoms with E-state index in [1.165, 1.54) is 4.57 Å². The van der Waals surface area contributed by atoms with E-state index in [-0.39, 0.29) is 23.5 Å². The Hall–Kier alpha value is -3.38. The normalized spacial score (nSPS) is 20.9. The van der Waals surface area contributed by atoms with Crippen molar-refractivity contribution < 1.29 is 28.7 Å². The number of hydrogen-bond acceptors (Lipinski definition) is 8. The number of phosphoric acid groups is 1. The quantitative estimate of drug-likeness (QED) is 0.245. The van der Waals surface area contributed by atoms with Crippen molar-refractivity contribution in [2.75, 3.05) is 12.3 Å². The fourth-order valence-electron chi connectivity index (χ4n) is 4.09. The van der Waals surface area contributed by atoms with Crippen LogP contribution < -0.4 is 11.3 Å². The highest BCUT2D eigenvalue weighted by molar-refractivity contribution is 7.46. The number of aliphatic hydroxyl groups excluding tert-OH is 1. The monoisotopic (exact) mass is 499 g/mol. The molecule has 1 aliphatic heterocycles. The number of nitrogens with two attached hydrogens (primary N) is 1. The van der Waals surface area contributed by atoms with Gasteiger partial charge in [-0.2, -0.15) is 4.98 Å². The predicted molar refractivity (Wildman–Crippen MR) is 128 cm³/mol. The Morgan fingerprint density at radius 1 is 1.20 bits per heavy atom. The Bertz CT molecular complexity index is 1540. The van der Waals surface area contributed by atoms with E-state index in [0.717, 1.165) is 16.3 Å². The number of imidazole rings is 1. The number of nitrogens with zero attached hydrogens (tertiary/aromatic N) is 3. The molecule has 182 valence electrons. The molecule has 0 amide bonds. The Morgan fingerprint density at radius 2 is 1.97 bits per heavy atom. The molecule has 0 spiro atoms. The number of fused-ring (bicyclic) bond motifs is 2. The summed E-state index contributed by atoms with van der Waals surface area (Å²) in [5.41, 5.74) is 6.29.